The van der Waals surface area contributed by atoms with Crippen molar-refractivity contribution < 1.29 is 13.2 Å². The largest absolute Gasteiger partial charge is 0.271 e. The van der Waals surface area contributed by atoms with Crippen molar-refractivity contribution in [3.63, 3.8) is 0 Å². The number of amides is 1. The van der Waals surface area contributed by atoms with E-state index in [1.54, 1.807) is 48.5 Å². The predicted octanol–water partition coefficient (Wildman–Crippen LogP) is 4.83. The fourth-order valence-electron chi connectivity index (χ4n) is 2.77. The van der Waals surface area contributed by atoms with E-state index in [9.17, 15) is 13.2 Å². The topological polar surface area (TPSA) is 78.8 Å². The second kappa shape index (κ2) is 10.1. The third-order valence-electron chi connectivity index (χ3n) is 4.36. The zero-order chi connectivity index (χ0) is 22.4. The Balaban J connectivity index is 1.74. The van der Waals surface area contributed by atoms with E-state index in [1.165, 1.54) is 10.5 Å². The first-order chi connectivity index (χ1) is 14.8. The van der Waals surface area contributed by atoms with Crippen molar-refractivity contribution in [1.29, 1.82) is 0 Å². The van der Waals surface area contributed by atoms with Gasteiger partial charge in [0.1, 0.15) is 0 Å². The number of nitrogens with one attached hydrogen (secondary N) is 1. The van der Waals surface area contributed by atoms with Crippen molar-refractivity contribution >= 4 is 55.4 Å². The lowest BCUT2D eigenvalue weighted by Crippen LogP contribution is -2.29. The summed E-state index contributed by atoms with van der Waals surface area (Å²) in [6.07, 6.45) is 2.66. The van der Waals surface area contributed by atoms with Crippen LogP contribution in [-0.2, 0) is 16.6 Å². The maximum atomic E-state index is 12.4. The minimum absolute atomic E-state index is 0.0836. The molecule has 0 radical (unpaired) electrons. The molecule has 0 aliphatic carbocycles. The summed E-state index contributed by atoms with van der Waals surface area (Å²) in [7, 11) is -3.57. The number of rotatable bonds is 7. The van der Waals surface area contributed by atoms with Gasteiger partial charge >= 0.3 is 0 Å². The van der Waals surface area contributed by atoms with Gasteiger partial charge in [0.2, 0.25) is 10.0 Å². The number of carbonyl (C=O) groups excluding carboxylic acids is 1. The number of nitrogens with zero attached hydrogens (tertiary/aromatic N) is 2. The van der Waals surface area contributed by atoms with Crippen LogP contribution >= 0.6 is 27.5 Å². The lowest BCUT2D eigenvalue weighted by Gasteiger charge is -2.23. The van der Waals surface area contributed by atoms with Crippen LogP contribution in [0.15, 0.2) is 82.4 Å². The molecule has 1 N–H and O–H groups in total. The van der Waals surface area contributed by atoms with E-state index in [4.69, 9.17) is 11.6 Å². The first-order valence-electron chi connectivity index (χ1n) is 9.15. The normalized spacial score (nSPS) is 11.5. The van der Waals surface area contributed by atoms with Gasteiger partial charge in [0.05, 0.1) is 24.7 Å². The van der Waals surface area contributed by atoms with E-state index in [0.717, 1.165) is 16.3 Å². The Morgan fingerprint density at radius 2 is 1.71 bits per heavy atom. The second-order valence-corrected chi connectivity index (χ2v) is 9.80. The fourth-order valence-corrected chi connectivity index (χ4v) is 4.23. The minimum atomic E-state index is -3.57. The Bertz CT molecular complexity index is 1210. The zero-order valence-electron chi connectivity index (χ0n) is 16.5. The first-order valence-corrected chi connectivity index (χ1v) is 12.2. The van der Waals surface area contributed by atoms with Gasteiger partial charge in [-0.25, -0.2) is 13.8 Å². The molecule has 9 heteroatoms. The van der Waals surface area contributed by atoms with Crippen molar-refractivity contribution in [2.45, 2.75) is 6.54 Å². The SMILES string of the molecule is CS(=O)(=O)N(Cc1ccccc1Cl)c1ccc(C(=O)N/N=C/c2ccccc2Br)cc1. The van der Waals surface area contributed by atoms with Crippen LogP contribution in [0.4, 0.5) is 5.69 Å². The summed E-state index contributed by atoms with van der Waals surface area (Å²) in [5.41, 5.74) is 4.73. The van der Waals surface area contributed by atoms with Crippen LogP contribution in [0, 0.1) is 0 Å². The number of anilines is 1. The lowest BCUT2D eigenvalue weighted by molar-refractivity contribution is 0.0955. The summed E-state index contributed by atoms with van der Waals surface area (Å²) in [6.45, 7) is 0.0836. The Hall–Kier alpha value is -2.68. The molecule has 3 aromatic rings. The molecular formula is C22H19BrClN3O3S. The zero-order valence-corrected chi connectivity index (χ0v) is 19.7. The van der Waals surface area contributed by atoms with Gasteiger partial charge in [-0.1, -0.05) is 63.9 Å². The highest BCUT2D eigenvalue weighted by atomic mass is 79.9. The van der Waals surface area contributed by atoms with Crippen LogP contribution < -0.4 is 9.73 Å². The van der Waals surface area contributed by atoms with Crippen LogP contribution in [-0.4, -0.2) is 26.8 Å². The fraction of sp³-hybridized carbons (Fsp3) is 0.0909. The predicted molar refractivity (Wildman–Crippen MR) is 128 cm³/mol. The van der Waals surface area contributed by atoms with Crippen LogP contribution in [0.2, 0.25) is 5.02 Å². The molecule has 3 rings (SSSR count). The van der Waals surface area contributed by atoms with Gasteiger partial charge in [0.15, 0.2) is 0 Å². The summed E-state index contributed by atoms with van der Waals surface area (Å²) in [5.74, 6) is -0.410. The molecule has 6 nitrogen and oxygen atoms in total. The molecule has 31 heavy (non-hydrogen) atoms. The summed E-state index contributed by atoms with van der Waals surface area (Å²) in [6, 6.07) is 20.8. The highest BCUT2D eigenvalue weighted by Crippen LogP contribution is 2.24. The van der Waals surface area contributed by atoms with Gasteiger partial charge in [0, 0.05) is 20.6 Å². The van der Waals surface area contributed by atoms with Crippen LogP contribution in [0.25, 0.3) is 0 Å². The summed E-state index contributed by atoms with van der Waals surface area (Å²) >= 11 is 9.59. The van der Waals surface area contributed by atoms with E-state index in [0.29, 0.717) is 21.8 Å². The molecule has 160 valence electrons. The number of hydrazone groups is 1. The molecule has 0 fully saturated rings. The molecular weight excluding hydrogens is 502 g/mol. The van der Waals surface area contributed by atoms with Crippen molar-refractivity contribution in [1.82, 2.24) is 5.43 Å². The Kier molecular flexibility index (Phi) is 7.48. The number of hydrogen-bond donors (Lipinski definition) is 1. The van der Waals surface area contributed by atoms with Gasteiger partial charge in [-0.3, -0.25) is 9.10 Å². The molecule has 0 saturated heterocycles. The molecule has 0 heterocycles. The number of carbonyl (C=O) groups is 1. The molecule has 1 amide bonds. The van der Waals surface area contributed by atoms with E-state index in [2.05, 4.69) is 26.5 Å². The maximum absolute atomic E-state index is 12.4. The smallest absolute Gasteiger partial charge is 0.267 e. The summed E-state index contributed by atoms with van der Waals surface area (Å²) in [5, 5.41) is 4.45. The Morgan fingerprint density at radius 3 is 2.35 bits per heavy atom. The third kappa shape index (κ3) is 6.16. The van der Waals surface area contributed by atoms with Gasteiger partial charge in [-0.05, 0) is 42.0 Å². The molecule has 0 unspecified atom stereocenters. The maximum Gasteiger partial charge on any atom is 0.271 e. The molecule has 0 spiro atoms. The number of sulfonamides is 1. The average Bonchev–Trinajstić information content (AvgIpc) is 2.74. The Labute approximate surface area is 194 Å². The van der Waals surface area contributed by atoms with Gasteiger partial charge in [-0.15, -0.1) is 0 Å². The van der Waals surface area contributed by atoms with Crippen LogP contribution in [0.5, 0.6) is 0 Å². The number of benzene rings is 3. The second-order valence-electron chi connectivity index (χ2n) is 6.63. The molecule has 0 aliphatic rings. The van der Waals surface area contributed by atoms with Gasteiger partial charge in [-0.2, -0.15) is 5.10 Å². The molecule has 0 atom stereocenters. The van der Waals surface area contributed by atoms with Crippen LogP contribution in [0.1, 0.15) is 21.5 Å². The molecule has 0 aromatic heterocycles. The van der Waals surface area contributed by atoms with E-state index in [1.807, 2.05) is 24.3 Å². The van der Waals surface area contributed by atoms with Crippen LogP contribution in [0.3, 0.4) is 0 Å². The van der Waals surface area contributed by atoms with Gasteiger partial charge in [0.25, 0.3) is 5.91 Å². The quantitative estimate of drug-likeness (QED) is 0.358. The standard InChI is InChI=1S/C22H19BrClN3O3S/c1-31(29,30)27(15-18-7-3-5-9-21(18)24)19-12-10-16(11-13-19)22(28)26-25-14-17-6-2-4-8-20(17)23/h2-14H,15H2,1H3,(H,26,28)/b25-14+. The number of halogens is 2. The van der Waals surface area contributed by atoms with Crippen molar-refractivity contribution in [3.05, 3.63) is 99.0 Å². The molecule has 0 aliphatic heterocycles. The number of hydrogen-bond acceptors (Lipinski definition) is 4. The first kappa shape index (κ1) is 23.0. The van der Waals surface area contributed by atoms with E-state index >= 15 is 0 Å². The van der Waals surface area contributed by atoms with Crippen molar-refractivity contribution in [3.8, 4) is 0 Å². The highest BCUT2D eigenvalue weighted by Gasteiger charge is 2.19. The average molecular weight is 521 g/mol. The summed E-state index contributed by atoms with van der Waals surface area (Å²) in [4.78, 5) is 12.3. The lowest BCUT2D eigenvalue weighted by atomic mass is 10.2. The summed E-state index contributed by atoms with van der Waals surface area (Å²) < 4.78 is 26.8. The van der Waals surface area contributed by atoms with E-state index < -0.39 is 15.9 Å². The minimum Gasteiger partial charge on any atom is -0.267 e. The Morgan fingerprint density at radius 1 is 1.06 bits per heavy atom. The van der Waals surface area contributed by atoms with Crippen molar-refractivity contribution in [2.75, 3.05) is 10.6 Å². The monoisotopic (exact) mass is 519 g/mol. The molecule has 3 aromatic carbocycles. The molecule has 0 saturated carbocycles. The van der Waals surface area contributed by atoms with E-state index in [-0.39, 0.29) is 6.54 Å². The third-order valence-corrected chi connectivity index (χ3v) is 6.60. The van der Waals surface area contributed by atoms with Gasteiger partial charge < -0.3 is 0 Å². The highest BCUT2D eigenvalue weighted by molar-refractivity contribution is 9.10. The van der Waals surface area contributed by atoms with Crippen molar-refractivity contribution in [2.24, 2.45) is 5.10 Å². The molecule has 0 bridgehead atoms.